The molecule has 7 heteroatoms. The molecule has 1 saturated heterocycles. The van der Waals surface area contributed by atoms with Crippen LogP contribution in [0.4, 0.5) is 10.5 Å². The Labute approximate surface area is 131 Å². The van der Waals surface area contributed by atoms with Crippen molar-refractivity contribution in [2.24, 2.45) is 5.92 Å². The number of halogens is 1. The molecular weight excluding hydrogens is 340 g/mol. The third-order valence-corrected chi connectivity index (χ3v) is 3.75. The Balaban J connectivity index is 1.88. The lowest BCUT2D eigenvalue weighted by Gasteiger charge is -2.22. The lowest BCUT2D eigenvalue weighted by Crippen LogP contribution is -2.35. The number of nitrogens with one attached hydrogen (secondary N) is 2. The van der Waals surface area contributed by atoms with Gasteiger partial charge in [-0.15, -0.1) is 0 Å². The van der Waals surface area contributed by atoms with Crippen molar-refractivity contribution in [2.45, 2.75) is 12.8 Å². The van der Waals surface area contributed by atoms with Crippen molar-refractivity contribution < 1.29 is 19.4 Å². The van der Waals surface area contributed by atoms with E-state index in [1.165, 1.54) is 12.1 Å². The second-order valence-corrected chi connectivity index (χ2v) is 5.84. The van der Waals surface area contributed by atoms with Crippen molar-refractivity contribution in [1.29, 1.82) is 0 Å². The number of carboxylic acid groups (broad SMARTS) is 1. The first-order chi connectivity index (χ1) is 10.0. The molecule has 0 unspecified atom stereocenters. The Bertz CT molecular complexity index is 530. The summed E-state index contributed by atoms with van der Waals surface area (Å²) < 4.78 is 5.86. The molecule has 0 aliphatic carbocycles. The Morgan fingerprint density at radius 3 is 2.67 bits per heavy atom. The fraction of sp³-hybridized carbons (Fsp3) is 0.429. The molecule has 1 aromatic carbocycles. The van der Waals surface area contributed by atoms with Crippen LogP contribution in [0.15, 0.2) is 22.7 Å². The van der Waals surface area contributed by atoms with Gasteiger partial charge in [0, 0.05) is 29.9 Å². The molecule has 3 N–H and O–H groups in total. The van der Waals surface area contributed by atoms with Crippen molar-refractivity contribution in [2.75, 3.05) is 25.1 Å². The van der Waals surface area contributed by atoms with Crippen LogP contribution in [0.25, 0.3) is 0 Å². The third kappa shape index (κ3) is 5.02. The number of rotatable bonds is 4. The highest BCUT2D eigenvalue weighted by Gasteiger charge is 2.15. The number of urea groups is 1. The number of benzene rings is 1. The molecule has 1 heterocycles. The predicted molar refractivity (Wildman–Crippen MR) is 81.7 cm³/mol. The van der Waals surface area contributed by atoms with E-state index < -0.39 is 5.97 Å². The molecule has 6 nitrogen and oxygen atoms in total. The largest absolute Gasteiger partial charge is 0.478 e. The van der Waals surface area contributed by atoms with Gasteiger partial charge < -0.3 is 20.5 Å². The van der Waals surface area contributed by atoms with Crippen LogP contribution in [0.3, 0.4) is 0 Å². The smallest absolute Gasteiger partial charge is 0.335 e. The second kappa shape index (κ2) is 7.42. The van der Waals surface area contributed by atoms with Crippen LogP contribution >= 0.6 is 15.9 Å². The minimum absolute atomic E-state index is 0.115. The van der Waals surface area contributed by atoms with E-state index in [1.54, 1.807) is 6.07 Å². The Morgan fingerprint density at radius 1 is 1.29 bits per heavy atom. The SMILES string of the molecule is O=C(NCC1CCOCC1)Nc1cc(Br)cc(C(=O)O)c1. The zero-order valence-electron chi connectivity index (χ0n) is 11.4. The Kier molecular flexibility index (Phi) is 5.58. The van der Waals surface area contributed by atoms with Crippen molar-refractivity contribution in [1.82, 2.24) is 5.32 Å². The van der Waals surface area contributed by atoms with Gasteiger partial charge in [-0.1, -0.05) is 15.9 Å². The van der Waals surface area contributed by atoms with E-state index >= 15 is 0 Å². The first-order valence-electron chi connectivity index (χ1n) is 6.71. The molecule has 114 valence electrons. The Hall–Kier alpha value is -1.60. The van der Waals surface area contributed by atoms with Crippen molar-refractivity contribution in [3.05, 3.63) is 28.2 Å². The highest BCUT2D eigenvalue weighted by atomic mass is 79.9. The monoisotopic (exact) mass is 356 g/mol. The summed E-state index contributed by atoms with van der Waals surface area (Å²) in [4.78, 5) is 22.8. The van der Waals surface area contributed by atoms with Crippen LogP contribution in [-0.4, -0.2) is 36.9 Å². The molecule has 1 fully saturated rings. The summed E-state index contributed by atoms with van der Waals surface area (Å²) in [5.41, 5.74) is 0.551. The molecule has 2 amide bonds. The van der Waals surface area contributed by atoms with Crippen LogP contribution in [0.5, 0.6) is 0 Å². The van der Waals surface area contributed by atoms with Gasteiger partial charge >= 0.3 is 12.0 Å². The van der Waals surface area contributed by atoms with Crippen molar-refractivity contribution in [3.8, 4) is 0 Å². The number of carboxylic acids is 1. The van der Waals surface area contributed by atoms with Gasteiger partial charge in [-0.2, -0.15) is 0 Å². The molecule has 1 aromatic rings. The molecule has 0 saturated carbocycles. The number of amides is 2. The van der Waals surface area contributed by atoms with Gasteiger partial charge in [0.05, 0.1) is 5.56 Å². The molecular formula is C14H17BrN2O4. The molecule has 0 bridgehead atoms. The number of hydrogen-bond donors (Lipinski definition) is 3. The van der Waals surface area contributed by atoms with E-state index in [1.807, 2.05) is 0 Å². The fourth-order valence-corrected chi connectivity index (χ4v) is 2.64. The van der Waals surface area contributed by atoms with Gasteiger partial charge in [-0.05, 0) is 37.0 Å². The lowest BCUT2D eigenvalue weighted by atomic mass is 10.0. The van der Waals surface area contributed by atoms with Gasteiger partial charge in [-0.3, -0.25) is 0 Å². The number of ether oxygens (including phenoxy) is 1. The summed E-state index contributed by atoms with van der Waals surface area (Å²) in [5.74, 6) is -0.608. The zero-order chi connectivity index (χ0) is 15.2. The number of hydrogen-bond acceptors (Lipinski definition) is 3. The maximum atomic E-state index is 11.8. The van der Waals surface area contributed by atoms with Crippen LogP contribution < -0.4 is 10.6 Å². The van der Waals surface area contributed by atoms with Gasteiger partial charge in [-0.25, -0.2) is 9.59 Å². The minimum atomic E-state index is -1.04. The molecule has 0 atom stereocenters. The van der Waals surface area contributed by atoms with Crippen LogP contribution in [0, 0.1) is 5.92 Å². The minimum Gasteiger partial charge on any atom is -0.478 e. The molecule has 0 spiro atoms. The average Bonchev–Trinajstić information content (AvgIpc) is 2.45. The second-order valence-electron chi connectivity index (χ2n) is 4.92. The third-order valence-electron chi connectivity index (χ3n) is 3.29. The van der Waals surface area contributed by atoms with E-state index in [2.05, 4.69) is 26.6 Å². The lowest BCUT2D eigenvalue weighted by molar-refractivity contribution is 0.0670. The van der Waals surface area contributed by atoms with E-state index in [0.717, 1.165) is 26.1 Å². The quantitative estimate of drug-likeness (QED) is 0.773. The van der Waals surface area contributed by atoms with Crippen LogP contribution in [-0.2, 0) is 4.74 Å². The maximum absolute atomic E-state index is 11.8. The van der Waals surface area contributed by atoms with Gasteiger partial charge in [0.25, 0.3) is 0 Å². The van der Waals surface area contributed by atoms with Gasteiger partial charge in [0.2, 0.25) is 0 Å². The van der Waals surface area contributed by atoms with Crippen LogP contribution in [0.1, 0.15) is 23.2 Å². The summed E-state index contributed by atoms with van der Waals surface area (Å²) >= 11 is 3.22. The summed E-state index contributed by atoms with van der Waals surface area (Å²) in [6, 6.07) is 4.21. The molecule has 1 aliphatic rings. The highest BCUT2D eigenvalue weighted by Crippen LogP contribution is 2.20. The Morgan fingerprint density at radius 2 is 2.00 bits per heavy atom. The van der Waals surface area contributed by atoms with E-state index in [9.17, 15) is 9.59 Å². The standard InChI is InChI=1S/C14H17BrN2O4/c15-11-5-10(13(18)19)6-12(7-11)17-14(20)16-8-9-1-3-21-4-2-9/h5-7,9H,1-4,8H2,(H,18,19)(H2,16,17,20). The van der Waals surface area contributed by atoms with E-state index in [-0.39, 0.29) is 11.6 Å². The number of carbonyl (C=O) groups is 2. The zero-order valence-corrected chi connectivity index (χ0v) is 13.0. The summed E-state index contributed by atoms with van der Waals surface area (Å²) in [6.45, 7) is 2.07. The summed E-state index contributed by atoms with van der Waals surface area (Å²) in [5, 5.41) is 14.4. The summed E-state index contributed by atoms with van der Waals surface area (Å²) in [7, 11) is 0. The average molecular weight is 357 g/mol. The molecule has 0 aromatic heterocycles. The normalized spacial score (nSPS) is 15.5. The molecule has 0 radical (unpaired) electrons. The number of carbonyl (C=O) groups excluding carboxylic acids is 1. The maximum Gasteiger partial charge on any atom is 0.335 e. The van der Waals surface area contributed by atoms with E-state index in [0.29, 0.717) is 22.6 Å². The molecule has 2 rings (SSSR count). The van der Waals surface area contributed by atoms with Crippen LogP contribution in [0.2, 0.25) is 0 Å². The number of anilines is 1. The molecule has 21 heavy (non-hydrogen) atoms. The summed E-state index contributed by atoms with van der Waals surface area (Å²) in [6.07, 6.45) is 1.89. The highest BCUT2D eigenvalue weighted by molar-refractivity contribution is 9.10. The fourth-order valence-electron chi connectivity index (χ4n) is 2.15. The van der Waals surface area contributed by atoms with Gasteiger partial charge in [0.15, 0.2) is 0 Å². The van der Waals surface area contributed by atoms with Crippen molar-refractivity contribution in [3.63, 3.8) is 0 Å². The predicted octanol–water partition coefficient (Wildman–Crippen LogP) is 2.70. The first-order valence-corrected chi connectivity index (χ1v) is 7.50. The van der Waals surface area contributed by atoms with Crippen molar-refractivity contribution >= 4 is 33.6 Å². The molecule has 1 aliphatic heterocycles. The van der Waals surface area contributed by atoms with E-state index in [4.69, 9.17) is 9.84 Å². The van der Waals surface area contributed by atoms with Gasteiger partial charge in [0.1, 0.15) is 0 Å². The first kappa shape index (κ1) is 15.8. The topological polar surface area (TPSA) is 87.7 Å². The number of aromatic carboxylic acids is 1.